The molecule has 0 spiro atoms. The minimum atomic E-state index is 0.145. The summed E-state index contributed by atoms with van der Waals surface area (Å²) in [6.07, 6.45) is 5.89. The number of nitrogens with zero attached hydrogens (tertiary/aromatic N) is 5. The smallest absolute Gasteiger partial charge is 0.224 e. The van der Waals surface area contributed by atoms with Gasteiger partial charge in [-0.2, -0.15) is 4.98 Å². The summed E-state index contributed by atoms with van der Waals surface area (Å²) in [6, 6.07) is 8.74. The number of carbonyl (C=O) groups is 1. The highest BCUT2D eigenvalue weighted by molar-refractivity contribution is 5.87. The van der Waals surface area contributed by atoms with Gasteiger partial charge in [0, 0.05) is 59.1 Å². The summed E-state index contributed by atoms with van der Waals surface area (Å²) >= 11 is 0. The van der Waals surface area contributed by atoms with Crippen LogP contribution in [0.3, 0.4) is 0 Å². The van der Waals surface area contributed by atoms with Gasteiger partial charge in [-0.05, 0) is 36.1 Å². The number of piperazine rings is 1. The van der Waals surface area contributed by atoms with E-state index >= 15 is 0 Å². The highest BCUT2D eigenvalue weighted by Gasteiger charge is 2.21. The predicted octanol–water partition coefficient (Wildman–Crippen LogP) is 3.72. The quantitative estimate of drug-likeness (QED) is 0.134. The van der Waals surface area contributed by atoms with Gasteiger partial charge in [-0.1, -0.05) is 38.0 Å². The van der Waals surface area contributed by atoms with E-state index in [1.165, 1.54) is 29.5 Å². The summed E-state index contributed by atoms with van der Waals surface area (Å²) in [6.45, 7) is 14.6. The van der Waals surface area contributed by atoms with Crippen molar-refractivity contribution >= 4 is 28.7 Å². The Balaban J connectivity index is 1.12. The summed E-state index contributed by atoms with van der Waals surface area (Å²) in [5.74, 6) is 1.23. The number of methoxy groups -OCH3 is 1. The van der Waals surface area contributed by atoms with Gasteiger partial charge in [0.2, 0.25) is 11.9 Å². The van der Waals surface area contributed by atoms with Crippen LogP contribution in [0.25, 0.3) is 11.0 Å². The molecule has 0 unspecified atom stereocenters. The molecule has 1 fully saturated rings. The van der Waals surface area contributed by atoms with E-state index in [1.807, 2.05) is 11.0 Å². The van der Waals surface area contributed by atoms with Gasteiger partial charge in [-0.3, -0.25) is 9.69 Å². The number of aryl methyl sites for hydroxylation is 1. The number of hydrogen-bond donors (Lipinski definition) is 2. The summed E-state index contributed by atoms with van der Waals surface area (Å²) in [7, 11) is 1.65. The molecule has 0 radical (unpaired) electrons. The molecule has 1 aliphatic heterocycles. The number of anilines is 2. The third-order valence-corrected chi connectivity index (χ3v) is 8.59. The second-order valence-electron chi connectivity index (χ2n) is 12.4. The van der Waals surface area contributed by atoms with Crippen LogP contribution in [-0.2, 0) is 41.6 Å². The Hall–Kier alpha value is -3.33. The minimum absolute atomic E-state index is 0.145. The molecule has 13 nitrogen and oxygen atoms in total. The third-order valence-electron chi connectivity index (χ3n) is 8.59. The highest BCUT2D eigenvalue weighted by atomic mass is 16.6. The lowest BCUT2D eigenvalue weighted by molar-refractivity contribution is -0.134. The van der Waals surface area contributed by atoms with Crippen molar-refractivity contribution in [3.63, 3.8) is 0 Å². The number of aromatic nitrogens is 3. The van der Waals surface area contributed by atoms with E-state index in [-0.39, 0.29) is 11.9 Å². The third kappa shape index (κ3) is 13.1. The summed E-state index contributed by atoms with van der Waals surface area (Å²) in [5, 5.41) is 3.48. The van der Waals surface area contributed by atoms with Gasteiger partial charge >= 0.3 is 0 Å². The number of fused-ring (bicyclic) bond motifs is 1. The average molecular weight is 684 g/mol. The molecule has 1 aliphatic rings. The standard InChI is InChI=1S/C36H57N7O6/c1-4-5-6-11-38-35-34-32(39-36(37)40-35)9-12-43(34)28-31-8-7-30(26-29(31)2)27-41-13-15-42(16-14-41)33(44)10-17-46-20-21-48-24-25-49-23-22-47-19-18-45-3/h7-9,12,26H,4-6,10-11,13-25,27-28H2,1-3H3,(H3,37,38,39,40). The molecule has 0 aliphatic carbocycles. The molecule has 0 atom stereocenters. The molecule has 3 N–H and O–H groups in total. The number of nitrogen functional groups attached to an aromatic ring is 1. The molecule has 272 valence electrons. The first kappa shape index (κ1) is 38.5. The lowest BCUT2D eigenvalue weighted by Gasteiger charge is -2.35. The molecule has 49 heavy (non-hydrogen) atoms. The zero-order chi connectivity index (χ0) is 34.7. The van der Waals surface area contributed by atoms with Crippen LogP contribution in [-0.4, -0.2) is 130 Å². The van der Waals surface area contributed by atoms with Crippen molar-refractivity contribution in [1.29, 1.82) is 0 Å². The maximum atomic E-state index is 12.7. The van der Waals surface area contributed by atoms with Crippen molar-refractivity contribution in [3.8, 4) is 0 Å². The van der Waals surface area contributed by atoms with Gasteiger partial charge in [0.15, 0.2) is 5.82 Å². The van der Waals surface area contributed by atoms with Gasteiger partial charge in [0.25, 0.3) is 0 Å². The summed E-state index contributed by atoms with van der Waals surface area (Å²) in [5.41, 5.74) is 11.6. The van der Waals surface area contributed by atoms with Crippen molar-refractivity contribution in [2.45, 2.75) is 52.6 Å². The summed E-state index contributed by atoms with van der Waals surface area (Å²) < 4.78 is 29.0. The molecule has 2 aromatic heterocycles. The Morgan fingerprint density at radius 1 is 0.857 bits per heavy atom. The van der Waals surface area contributed by atoms with Gasteiger partial charge < -0.3 is 44.2 Å². The van der Waals surface area contributed by atoms with Crippen LogP contribution in [0.2, 0.25) is 0 Å². The number of ether oxygens (including phenoxy) is 5. The van der Waals surface area contributed by atoms with E-state index in [2.05, 4.69) is 63.0 Å². The first-order chi connectivity index (χ1) is 24.0. The van der Waals surface area contributed by atoms with E-state index in [0.29, 0.717) is 65.9 Å². The van der Waals surface area contributed by atoms with Gasteiger partial charge in [-0.15, -0.1) is 0 Å². The fourth-order valence-electron chi connectivity index (χ4n) is 5.81. The van der Waals surface area contributed by atoms with Crippen LogP contribution in [0.1, 0.15) is 49.3 Å². The minimum Gasteiger partial charge on any atom is -0.382 e. The second kappa shape index (κ2) is 21.7. The Morgan fingerprint density at radius 3 is 2.18 bits per heavy atom. The van der Waals surface area contributed by atoms with Crippen molar-refractivity contribution in [1.82, 2.24) is 24.3 Å². The number of benzene rings is 1. The van der Waals surface area contributed by atoms with E-state index < -0.39 is 0 Å². The van der Waals surface area contributed by atoms with Crippen molar-refractivity contribution in [2.75, 3.05) is 110 Å². The van der Waals surface area contributed by atoms with E-state index in [9.17, 15) is 4.79 Å². The molecule has 3 aromatic rings. The number of carbonyl (C=O) groups excluding carboxylic acids is 1. The van der Waals surface area contributed by atoms with E-state index in [1.54, 1.807) is 7.11 Å². The molecule has 13 heteroatoms. The Bertz CT molecular complexity index is 1400. The normalized spacial score (nSPS) is 13.8. The maximum absolute atomic E-state index is 12.7. The van der Waals surface area contributed by atoms with Gasteiger partial charge in [0.05, 0.1) is 71.4 Å². The van der Waals surface area contributed by atoms with E-state index in [0.717, 1.165) is 69.1 Å². The molecule has 1 amide bonds. The second-order valence-corrected chi connectivity index (χ2v) is 12.4. The molecule has 1 saturated heterocycles. The fourth-order valence-corrected chi connectivity index (χ4v) is 5.81. The number of unbranched alkanes of at least 4 members (excludes halogenated alkanes) is 2. The Kier molecular flexibility index (Phi) is 17.0. The Morgan fingerprint density at radius 2 is 1.53 bits per heavy atom. The van der Waals surface area contributed by atoms with Crippen LogP contribution in [0.15, 0.2) is 30.5 Å². The van der Waals surface area contributed by atoms with Crippen LogP contribution in [0, 0.1) is 6.92 Å². The zero-order valence-electron chi connectivity index (χ0n) is 29.8. The largest absolute Gasteiger partial charge is 0.382 e. The average Bonchev–Trinajstić information content (AvgIpc) is 3.50. The number of hydrogen-bond acceptors (Lipinski definition) is 11. The van der Waals surface area contributed by atoms with Crippen LogP contribution >= 0.6 is 0 Å². The van der Waals surface area contributed by atoms with Crippen molar-refractivity contribution in [3.05, 3.63) is 47.2 Å². The SMILES string of the molecule is CCCCCNc1nc(N)nc2ccn(Cc3ccc(CN4CCN(C(=O)CCOCCOCCOCCOCCOC)CC4)cc3C)c12. The molecule has 0 saturated carbocycles. The van der Waals surface area contributed by atoms with E-state index in [4.69, 9.17) is 29.4 Å². The molecular formula is C36H57N7O6. The van der Waals surface area contributed by atoms with Crippen molar-refractivity contribution < 1.29 is 28.5 Å². The summed E-state index contributed by atoms with van der Waals surface area (Å²) in [4.78, 5) is 26.1. The topological polar surface area (TPSA) is 138 Å². The number of nitrogens with one attached hydrogen (secondary N) is 1. The molecule has 0 bridgehead atoms. The number of rotatable bonds is 24. The Labute approximate surface area is 291 Å². The molecular weight excluding hydrogens is 626 g/mol. The maximum Gasteiger partial charge on any atom is 0.224 e. The van der Waals surface area contributed by atoms with Crippen LogP contribution < -0.4 is 11.1 Å². The van der Waals surface area contributed by atoms with Crippen LogP contribution in [0.4, 0.5) is 11.8 Å². The molecule has 3 heterocycles. The number of amides is 1. The first-order valence-electron chi connectivity index (χ1n) is 17.7. The lowest BCUT2D eigenvalue weighted by atomic mass is 10.0. The van der Waals surface area contributed by atoms with Crippen molar-refractivity contribution in [2.24, 2.45) is 0 Å². The van der Waals surface area contributed by atoms with Gasteiger partial charge in [0.1, 0.15) is 5.52 Å². The first-order valence-corrected chi connectivity index (χ1v) is 17.7. The number of nitrogens with two attached hydrogens (primary N) is 1. The lowest BCUT2D eigenvalue weighted by Crippen LogP contribution is -2.48. The zero-order valence-corrected chi connectivity index (χ0v) is 29.8. The highest BCUT2D eigenvalue weighted by Crippen LogP contribution is 2.25. The molecule has 1 aromatic carbocycles. The monoisotopic (exact) mass is 683 g/mol. The van der Waals surface area contributed by atoms with Crippen LogP contribution in [0.5, 0.6) is 0 Å². The predicted molar refractivity (Wildman–Crippen MR) is 192 cm³/mol. The fraction of sp³-hybridized carbons (Fsp3) is 0.639. The molecule has 4 rings (SSSR count). The van der Waals surface area contributed by atoms with Gasteiger partial charge in [-0.25, -0.2) is 4.98 Å².